The number of nitrogen functional groups attached to an aromatic ring is 2. The van der Waals surface area contributed by atoms with E-state index in [4.69, 9.17) is 11.5 Å². The van der Waals surface area contributed by atoms with E-state index in [9.17, 15) is 0 Å². The summed E-state index contributed by atoms with van der Waals surface area (Å²) in [6.07, 6.45) is 0. The van der Waals surface area contributed by atoms with E-state index in [1.54, 1.807) is 0 Å². The van der Waals surface area contributed by atoms with Gasteiger partial charge in [0.05, 0.1) is 22.7 Å². The summed E-state index contributed by atoms with van der Waals surface area (Å²) in [4.78, 5) is 2.24. The molecule has 3 heteroatoms. The Morgan fingerprint density at radius 2 is 1.00 bits per heavy atom. The minimum Gasteiger partial charge on any atom is -0.396 e. The quantitative estimate of drug-likeness (QED) is 0.244. The Morgan fingerprint density at radius 3 is 1.68 bits per heavy atom. The molecule has 0 saturated carbocycles. The van der Waals surface area contributed by atoms with Crippen LogP contribution in [0.3, 0.4) is 0 Å². The molecule has 0 aliphatic heterocycles. The van der Waals surface area contributed by atoms with Crippen molar-refractivity contribution in [3.8, 4) is 22.3 Å². The third kappa shape index (κ3) is 4.07. The van der Waals surface area contributed by atoms with E-state index in [-0.39, 0.29) is 0 Å². The minimum absolute atomic E-state index is 0.553. The average Bonchev–Trinajstić information content (AvgIpc) is 2.97. The second-order valence-electron chi connectivity index (χ2n) is 9.05. The van der Waals surface area contributed by atoms with Gasteiger partial charge in [-0.2, -0.15) is 0 Å². The van der Waals surface area contributed by atoms with Crippen LogP contribution in [-0.4, -0.2) is 0 Å². The van der Waals surface area contributed by atoms with Crippen LogP contribution in [0.2, 0.25) is 0 Å². The predicted octanol–water partition coefficient (Wildman–Crippen LogP) is 8.81. The molecule has 0 unspecified atom stereocenters. The smallest absolute Gasteiger partial charge is 0.0805 e. The van der Waals surface area contributed by atoms with Gasteiger partial charge in [-0.05, 0) is 40.8 Å². The Morgan fingerprint density at radius 1 is 0.459 bits per heavy atom. The van der Waals surface area contributed by atoms with Crippen LogP contribution < -0.4 is 16.4 Å². The van der Waals surface area contributed by atoms with E-state index < -0.39 is 0 Å². The minimum atomic E-state index is 0.553. The largest absolute Gasteiger partial charge is 0.396 e. The summed E-state index contributed by atoms with van der Waals surface area (Å²) in [6.45, 7) is 0. The van der Waals surface area contributed by atoms with Gasteiger partial charge in [0.2, 0.25) is 0 Å². The molecule has 0 fully saturated rings. The summed E-state index contributed by atoms with van der Waals surface area (Å²) < 4.78 is 0. The van der Waals surface area contributed by atoms with Gasteiger partial charge >= 0.3 is 0 Å². The molecule has 0 atom stereocenters. The Bertz CT molecular complexity index is 1670. The van der Waals surface area contributed by atoms with Crippen LogP contribution in [0.25, 0.3) is 33.0 Å². The lowest BCUT2D eigenvalue weighted by Gasteiger charge is -2.31. The Balaban J connectivity index is 1.72. The van der Waals surface area contributed by atoms with Gasteiger partial charge in [0.1, 0.15) is 0 Å². The number of rotatable bonds is 5. The number of nitrogens with two attached hydrogens (primary N) is 2. The van der Waals surface area contributed by atoms with Crippen LogP contribution in [0.5, 0.6) is 0 Å². The fourth-order valence-electron chi connectivity index (χ4n) is 5.01. The van der Waals surface area contributed by atoms with Crippen molar-refractivity contribution < 1.29 is 0 Å². The molecule has 0 aliphatic rings. The van der Waals surface area contributed by atoms with Crippen molar-refractivity contribution in [1.29, 1.82) is 0 Å². The molecule has 178 valence electrons. The normalized spacial score (nSPS) is 10.9. The van der Waals surface area contributed by atoms with Crippen molar-refractivity contribution in [2.75, 3.05) is 16.4 Å². The molecule has 37 heavy (non-hydrogen) atoms. The van der Waals surface area contributed by atoms with Crippen LogP contribution in [0.4, 0.5) is 28.4 Å². The molecule has 0 heterocycles. The number of fused-ring (bicyclic) bond motifs is 1. The maximum absolute atomic E-state index is 7.01. The fraction of sp³-hybridized carbons (Fsp3) is 0. The number of anilines is 5. The number of benzene rings is 6. The van der Waals surface area contributed by atoms with Gasteiger partial charge in [0.15, 0.2) is 0 Å². The molecule has 0 amide bonds. The van der Waals surface area contributed by atoms with E-state index in [0.29, 0.717) is 11.4 Å². The summed E-state index contributed by atoms with van der Waals surface area (Å²) in [5.74, 6) is 0. The zero-order valence-corrected chi connectivity index (χ0v) is 20.4. The monoisotopic (exact) mass is 477 g/mol. The summed E-state index contributed by atoms with van der Waals surface area (Å²) >= 11 is 0. The standard InChI is InChI=1S/C34H27N3/c35-32-29(25-13-4-1-5-14-25)23-30(26-15-6-2-7-16-26)34(33(32)36)37(27-19-8-3-9-20-27)31-22-12-18-24-17-10-11-21-28(24)31/h1-23H,35-36H2. The number of nitrogens with zero attached hydrogens (tertiary/aromatic N) is 1. The highest BCUT2D eigenvalue weighted by molar-refractivity contribution is 6.07. The highest BCUT2D eigenvalue weighted by atomic mass is 15.2. The first-order valence-corrected chi connectivity index (χ1v) is 12.4. The summed E-state index contributed by atoms with van der Waals surface area (Å²) in [5.41, 5.74) is 21.9. The fourth-order valence-corrected chi connectivity index (χ4v) is 5.01. The first-order valence-electron chi connectivity index (χ1n) is 12.4. The lowest BCUT2D eigenvalue weighted by Crippen LogP contribution is -2.15. The third-order valence-corrected chi connectivity index (χ3v) is 6.79. The van der Waals surface area contributed by atoms with E-state index >= 15 is 0 Å². The van der Waals surface area contributed by atoms with E-state index in [0.717, 1.165) is 50.1 Å². The molecule has 6 aromatic rings. The van der Waals surface area contributed by atoms with Crippen molar-refractivity contribution in [2.45, 2.75) is 0 Å². The van der Waals surface area contributed by atoms with Crippen molar-refractivity contribution in [3.05, 3.63) is 140 Å². The van der Waals surface area contributed by atoms with Crippen LogP contribution in [0.1, 0.15) is 0 Å². The molecule has 4 N–H and O–H groups in total. The third-order valence-electron chi connectivity index (χ3n) is 6.79. The van der Waals surface area contributed by atoms with Crippen molar-refractivity contribution in [2.24, 2.45) is 0 Å². The van der Waals surface area contributed by atoms with Crippen LogP contribution in [0, 0.1) is 0 Å². The van der Waals surface area contributed by atoms with Gasteiger partial charge in [-0.25, -0.2) is 0 Å². The SMILES string of the molecule is Nc1c(-c2ccccc2)cc(-c2ccccc2)c(N(c2ccccc2)c2cccc3ccccc23)c1N. The summed E-state index contributed by atoms with van der Waals surface area (Å²) in [6, 6.07) is 47.9. The highest BCUT2D eigenvalue weighted by Crippen LogP contribution is 2.50. The number of para-hydroxylation sites is 1. The Kier molecular flexibility index (Phi) is 5.80. The topological polar surface area (TPSA) is 55.3 Å². The molecule has 0 aliphatic carbocycles. The van der Waals surface area contributed by atoms with Crippen LogP contribution in [-0.2, 0) is 0 Å². The molecular formula is C34H27N3. The van der Waals surface area contributed by atoms with Crippen LogP contribution in [0.15, 0.2) is 140 Å². The van der Waals surface area contributed by atoms with Crippen molar-refractivity contribution in [1.82, 2.24) is 0 Å². The molecular weight excluding hydrogens is 450 g/mol. The lowest BCUT2D eigenvalue weighted by atomic mass is 9.93. The first-order chi connectivity index (χ1) is 18.2. The molecule has 0 bridgehead atoms. The molecule has 0 aromatic heterocycles. The maximum atomic E-state index is 7.01. The molecule has 0 saturated heterocycles. The van der Waals surface area contributed by atoms with E-state index in [2.05, 4.69) is 102 Å². The van der Waals surface area contributed by atoms with Gasteiger partial charge in [0, 0.05) is 22.2 Å². The second kappa shape index (κ2) is 9.56. The van der Waals surface area contributed by atoms with Gasteiger partial charge in [-0.3, -0.25) is 0 Å². The van der Waals surface area contributed by atoms with E-state index in [1.807, 2.05) is 42.5 Å². The summed E-state index contributed by atoms with van der Waals surface area (Å²) in [7, 11) is 0. The molecule has 0 radical (unpaired) electrons. The zero-order valence-electron chi connectivity index (χ0n) is 20.4. The van der Waals surface area contributed by atoms with Crippen LogP contribution >= 0.6 is 0 Å². The van der Waals surface area contributed by atoms with E-state index in [1.165, 1.54) is 0 Å². The first kappa shape index (κ1) is 22.4. The highest BCUT2D eigenvalue weighted by Gasteiger charge is 2.24. The Labute approximate surface area is 217 Å². The van der Waals surface area contributed by atoms with Gasteiger partial charge in [0.25, 0.3) is 0 Å². The van der Waals surface area contributed by atoms with Gasteiger partial charge in [-0.15, -0.1) is 0 Å². The molecule has 6 aromatic carbocycles. The lowest BCUT2D eigenvalue weighted by molar-refractivity contribution is 1.30. The maximum Gasteiger partial charge on any atom is 0.0805 e. The molecule has 3 nitrogen and oxygen atoms in total. The number of hydrogen-bond acceptors (Lipinski definition) is 3. The molecule has 0 spiro atoms. The summed E-state index contributed by atoms with van der Waals surface area (Å²) in [5, 5.41) is 2.30. The number of hydrogen-bond donors (Lipinski definition) is 2. The predicted molar refractivity (Wildman–Crippen MR) is 158 cm³/mol. The zero-order chi connectivity index (χ0) is 25.2. The van der Waals surface area contributed by atoms with Gasteiger partial charge in [-0.1, -0.05) is 115 Å². The average molecular weight is 478 g/mol. The van der Waals surface area contributed by atoms with Gasteiger partial charge < -0.3 is 16.4 Å². The van der Waals surface area contributed by atoms with Crippen molar-refractivity contribution >= 4 is 39.2 Å². The Hall–Kier alpha value is -5.02. The second-order valence-corrected chi connectivity index (χ2v) is 9.05. The van der Waals surface area contributed by atoms with Crippen molar-refractivity contribution in [3.63, 3.8) is 0 Å². The molecule has 6 rings (SSSR count).